The van der Waals surface area contributed by atoms with Crippen LogP contribution in [-0.4, -0.2) is 5.78 Å². The van der Waals surface area contributed by atoms with Crippen molar-refractivity contribution in [2.24, 2.45) is 5.92 Å². The predicted molar refractivity (Wildman–Crippen MR) is 58.1 cm³/mol. The lowest BCUT2D eigenvalue weighted by Gasteiger charge is -2.24. The first-order valence-corrected chi connectivity index (χ1v) is 5.54. The van der Waals surface area contributed by atoms with Crippen LogP contribution in [0.1, 0.15) is 29.6 Å². The van der Waals surface area contributed by atoms with Crippen LogP contribution in [-0.2, 0) is 0 Å². The summed E-state index contributed by atoms with van der Waals surface area (Å²) in [6.45, 7) is 0. The summed E-state index contributed by atoms with van der Waals surface area (Å²) in [6.07, 6.45) is 2.73. The maximum atomic E-state index is 13.6. The van der Waals surface area contributed by atoms with Gasteiger partial charge < -0.3 is 0 Å². The van der Waals surface area contributed by atoms with Crippen LogP contribution in [0.15, 0.2) is 12.1 Å². The smallest absolute Gasteiger partial charge is 0.168 e. The zero-order valence-corrected chi connectivity index (χ0v) is 9.41. The molecule has 1 fully saturated rings. The van der Waals surface area contributed by atoms with Gasteiger partial charge in [0.2, 0.25) is 0 Å². The van der Waals surface area contributed by atoms with Gasteiger partial charge in [-0.3, -0.25) is 4.79 Å². The summed E-state index contributed by atoms with van der Waals surface area (Å²) in [5, 5.41) is -0.0267. The second-order valence-electron chi connectivity index (χ2n) is 3.71. The number of halogens is 3. The van der Waals surface area contributed by atoms with Crippen LogP contribution in [0.25, 0.3) is 0 Å². The van der Waals surface area contributed by atoms with Gasteiger partial charge in [0.15, 0.2) is 11.6 Å². The van der Waals surface area contributed by atoms with E-state index in [1.165, 1.54) is 12.1 Å². The molecule has 4 heteroatoms. The molecule has 0 N–H and O–H groups in total. The van der Waals surface area contributed by atoms with Crippen LogP contribution in [0.2, 0.25) is 10.0 Å². The van der Waals surface area contributed by atoms with Gasteiger partial charge in [-0.15, -0.1) is 0 Å². The summed E-state index contributed by atoms with van der Waals surface area (Å²) in [5.74, 6) is -0.880. The van der Waals surface area contributed by atoms with E-state index in [1.807, 2.05) is 0 Å². The molecule has 2 rings (SSSR count). The summed E-state index contributed by atoms with van der Waals surface area (Å²) in [6, 6.07) is 2.86. The first-order chi connectivity index (χ1) is 7.11. The molecule has 0 aliphatic heterocycles. The number of hydrogen-bond donors (Lipinski definition) is 0. The first kappa shape index (κ1) is 10.9. The third kappa shape index (κ3) is 1.88. The zero-order chi connectivity index (χ0) is 11.0. The van der Waals surface area contributed by atoms with Gasteiger partial charge in [-0.25, -0.2) is 4.39 Å². The Hall–Kier alpha value is -0.600. The second-order valence-corrected chi connectivity index (χ2v) is 4.50. The maximum absolute atomic E-state index is 13.6. The Labute approximate surface area is 97.2 Å². The molecule has 1 aliphatic carbocycles. The Morgan fingerprint density at radius 1 is 1.33 bits per heavy atom. The van der Waals surface area contributed by atoms with E-state index < -0.39 is 5.82 Å². The molecule has 0 spiro atoms. The van der Waals surface area contributed by atoms with Gasteiger partial charge in [-0.2, -0.15) is 0 Å². The highest BCUT2D eigenvalue weighted by molar-refractivity contribution is 6.42. The molecular weight excluding hydrogens is 238 g/mol. The number of ketones is 1. The van der Waals surface area contributed by atoms with Gasteiger partial charge in [0, 0.05) is 5.92 Å². The maximum Gasteiger partial charge on any atom is 0.168 e. The van der Waals surface area contributed by atoms with Crippen molar-refractivity contribution >= 4 is 29.0 Å². The molecule has 15 heavy (non-hydrogen) atoms. The standard InChI is InChI=1S/C11H9Cl2FO/c12-8-5-4-7(10(14)9(8)13)11(15)6-2-1-3-6/h4-6H,1-3H2. The van der Waals surface area contributed by atoms with Gasteiger partial charge in [0.25, 0.3) is 0 Å². The topological polar surface area (TPSA) is 17.1 Å². The van der Waals surface area contributed by atoms with E-state index >= 15 is 0 Å². The average molecular weight is 247 g/mol. The Bertz CT molecular complexity index is 413. The first-order valence-electron chi connectivity index (χ1n) is 4.79. The van der Waals surface area contributed by atoms with Crippen molar-refractivity contribution in [3.63, 3.8) is 0 Å². The number of carbonyl (C=O) groups is 1. The molecule has 0 amide bonds. The van der Waals surface area contributed by atoms with Crippen molar-refractivity contribution in [2.75, 3.05) is 0 Å². The van der Waals surface area contributed by atoms with Crippen molar-refractivity contribution in [1.29, 1.82) is 0 Å². The van der Waals surface area contributed by atoms with E-state index in [9.17, 15) is 9.18 Å². The van der Waals surface area contributed by atoms with Gasteiger partial charge in [-0.1, -0.05) is 29.6 Å². The molecule has 0 bridgehead atoms. The normalized spacial score (nSPS) is 16.2. The summed E-state index contributed by atoms with van der Waals surface area (Å²) < 4.78 is 13.6. The van der Waals surface area contributed by atoms with E-state index in [1.54, 1.807) is 0 Å². The van der Waals surface area contributed by atoms with Crippen molar-refractivity contribution in [2.45, 2.75) is 19.3 Å². The van der Waals surface area contributed by atoms with E-state index in [2.05, 4.69) is 0 Å². The molecule has 80 valence electrons. The summed E-state index contributed by atoms with van der Waals surface area (Å²) in [5.41, 5.74) is 0.0640. The van der Waals surface area contributed by atoms with Crippen LogP contribution >= 0.6 is 23.2 Å². The quantitative estimate of drug-likeness (QED) is 0.567. The van der Waals surface area contributed by atoms with Gasteiger partial charge in [0.05, 0.1) is 15.6 Å². The predicted octanol–water partition coefficient (Wildman–Crippen LogP) is 4.12. The van der Waals surface area contributed by atoms with E-state index in [4.69, 9.17) is 23.2 Å². The molecule has 1 aliphatic rings. The summed E-state index contributed by atoms with van der Waals surface area (Å²) in [4.78, 5) is 11.8. The monoisotopic (exact) mass is 246 g/mol. The van der Waals surface area contributed by atoms with E-state index in [0.717, 1.165) is 19.3 Å². The molecule has 0 aromatic heterocycles. The Balaban J connectivity index is 2.35. The van der Waals surface area contributed by atoms with Crippen molar-refractivity contribution < 1.29 is 9.18 Å². The van der Waals surface area contributed by atoms with E-state index in [-0.39, 0.29) is 27.3 Å². The molecule has 1 saturated carbocycles. The zero-order valence-electron chi connectivity index (χ0n) is 7.90. The molecule has 0 radical (unpaired) electrons. The fourth-order valence-electron chi connectivity index (χ4n) is 1.61. The highest BCUT2D eigenvalue weighted by atomic mass is 35.5. The third-order valence-corrected chi connectivity index (χ3v) is 3.56. The van der Waals surface area contributed by atoms with Crippen LogP contribution in [0.4, 0.5) is 4.39 Å². The Morgan fingerprint density at radius 3 is 2.53 bits per heavy atom. The summed E-state index contributed by atoms with van der Waals surface area (Å²) >= 11 is 11.3. The Morgan fingerprint density at radius 2 is 2.00 bits per heavy atom. The van der Waals surface area contributed by atoms with Gasteiger partial charge >= 0.3 is 0 Å². The second kappa shape index (κ2) is 4.11. The molecule has 1 nitrogen and oxygen atoms in total. The fourth-order valence-corrected chi connectivity index (χ4v) is 1.92. The number of carbonyl (C=O) groups excluding carboxylic acids is 1. The minimum Gasteiger partial charge on any atom is -0.294 e. The van der Waals surface area contributed by atoms with Crippen molar-refractivity contribution in [3.8, 4) is 0 Å². The van der Waals surface area contributed by atoms with Crippen LogP contribution < -0.4 is 0 Å². The lowest BCUT2D eigenvalue weighted by atomic mass is 9.80. The molecule has 0 unspecified atom stereocenters. The lowest BCUT2D eigenvalue weighted by Crippen LogP contribution is -2.22. The highest BCUT2D eigenvalue weighted by Crippen LogP contribution is 2.33. The van der Waals surface area contributed by atoms with Gasteiger partial charge in [-0.05, 0) is 25.0 Å². The molecule has 1 aromatic carbocycles. The molecule has 1 aromatic rings. The largest absolute Gasteiger partial charge is 0.294 e. The third-order valence-electron chi connectivity index (χ3n) is 2.78. The SMILES string of the molecule is O=C(c1ccc(Cl)c(Cl)c1F)C1CCC1. The van der Waals surface area contributed by atoms with Gasteiger partial charge in [0.1, 0.15) is 0 Å². The van der Waals surface area contributed by atoms with Crippen molar-refractivity contribution in [1.82, 2.24) is 0 Å². The molecule has 0 atom stereocenters. The molecule has 0 heterocycles. The fraction of sp³-hybridized carbons (Fsp3) is 0.364. The molecule has 0 saturated heterocycles. The van der Waals surface area contributed by atoms with E-state index in [0.29, 0.717) is 0 Å². The van der Waals surface area contributed by atoms with Crippen molar-refractivity contribution in [3.05, 3.63) is 33.6 Å². The lowest BCUT2D eigenvalue weighted by molar-refractivity contribution is 0.0851. The van der Waals surface area contributed by atoms with Crippen LogP contribution in [0, 0.1) is 11.7 Å². The van der Waals surface area contributed by atoms with Crippen LogP contribution in [0.5, 0.6) is 0 Å². The minimum atomic E-state index is -0.693. The highest BCUT2D eigenvalue weighted by Gasteiger charge is 2.28. The average Bonchev–Trinajstić information content (AvgIpc) is 2.11. The summed E-state index contributed by atoms with van der Waals surface area (Å²) in [7, 11) is 0. The minimum absolute atomic E-state index is 0.0308. The number of benzene rings is 1. The number of hydrogen-bond acceptors (Lipinski definition) is 1. The van der Waals surface area contributed by atoms with Crippen LogP contribution in [0.3, 0.4) is 0 Å². The number of rotatable bonds is 2. The number of Topliss-reactive ketones (excluding diaryl/α,β-unsaturated/α-hetero) is 1. The molecular formula is C11H9Cl2FO. The Kier molecular flexibility index (Phi) is 2.98.